The SMILES string of the molecule is Nc1sc2c(c1C(=O)Nc1ccc(C(F)(F)F)cc1)CCC2. The summed E-state index contributed by atoms with van der Waals surface area (Å²) in [5.74, 6) is -0.364. The number of alkyl halides is 3. The number of aryl methyl sites for hydroxylation is 1. The highest BCUT2D eigenvalue weighted by atomic mass is 32.1. The number of amides is 1. The minimum absolute atomic E-state index is 0.315. The van der Waals surface area contributed by atoms with Crippen LogP contribution in [0, 0.1) is 0 Å². The maximum Gasteiger partial charge on any atom is 0.416 e. The summed E-state index contributed by atoms with van der Waals surface area (Å²) in [4.78, 5) is 13.5. The lowest BCUT2D eigenvalue weighted by atomic mass is 10.1. The number of anilines is 2. The van der Waals surface area contributed by atoms with Crippen LogP contribution >= 0.6 is 11.3 Å². The molecule has 1 heterocycles. The molecule has 22 heavy (non-hydrogen) atoms. The van der Waals surface area contributed by atoms with Crippen LogP contribution in [-0.2, 0) is 19.0 Å². The number of fused-ring (bicyclic) bond motifs is 1. The van der Waals surface area contributed by atoms with E-state index in [1.165, 1.54) is 23.5 Å². The van der Waals surface area contributed by atoms with Gasteiger partial charge in [0.25, 0.3) is 5.91 Å². The minimum Gasteiger partial charge on any atom is -0.390 e. The Morgan fingerprint density at radius 2 is 1.86 bits per heavy atom. The van der Waals surface area contributed by atoms with Gasteiger partial charge < -0.3 is 11.1 Å². The third-order valence-corrected chi connectivity index (χ3v) is 4.77. The lowest BCUT2D eigenvalue weighted by molar-refractivity contribution is -0.137. The van der Waals surface area contributed by atoms with Crippen LogP contribution < -0.4 is 11.1 Å². The Kier molecular flexibility index (Phi) is 3.60. The molecule has 1 amide bonds. The standard InChI is InChI=1S/C15H13F3N2OS/c16-15(17,18)8-4-6-9(7-5-8)20-14(21)12-10-2-1-3-11(10)22-13(12)19/h4-7H,1-3,19H2,(H,20,21). The molecule has 0 atom stereocenters. The van der Waals surface area contributed by atoms with Gasteiger partial charge in [0.1, 0.15) is 0 Å². The quantitative estimate of drug-likeness (QED) is 0.873. The van der Waals surface area contributed by atoms with Gasteiger partial charge in [-0.05, 0) is 49.1 Å². The number of halogens is 3. The average Bonchev–Trinajstić information content (AvgIpc) is 2.97. The molecule has 0 bridgehead atoms. The molecular weight excluding hydrogens is 313 g/mol. The van der Waals surface area contributed by atoms with Gasteiger partial charge in [-0.25, -0.2) is 0 Å². The fraction of sp³-hybridized carbons (Fsp3) is 0.267. The molecule has 1 aliphatic carbocycles. The Bertz CT molecular complexity index is 720. The van der Waals surface area contributed by atoms with Gasteiger partial charge in [0.15, 0.2) is 0 Å². The summed E-state index contributed by atoms with van der Waals surface area (Å²) in [6, 6.07) is 4.36. The zero-order valence-electron chi connectivity index (χ0n) is 11.5. The molecule has 0 saturated carbocycles. The van der Waals surface area contributed by atoms with Crippen molar-refractivity contribution < 1.29 is 18.0 Å². The van der Waals surface area contributed by atoms with Crippen LogP contribution in [0.2, 0.25) is 0 Å². The van der Waals surface area contributed by atoms with Crippen molar-refractivity contribution in [3.63, 3.8) is 0 Å². The monoisotopic (exact) mass is 326 g/mol. The molecule has 1 aromatic carbocycles. The molecule has 0 spiro atoms. The Labute approximate surface area is 128 Å². The van der Waals surface area contributed by atoms with Crippen LogP contribution in [0.15, 0.2) is 24.3 Å². The van der Waals surface area contributed by atoms with Gasteiger partial charge in [0, 0.05) is 10.6 Å². The summed E-state index contributed by atoms with van der Waals surface area (Å²) in [5, 5.41) is 3.08. The number of nitrogens with two attached hydrogens (primary N) is 1. The van der Waals surface area contributed by atoms with Crippen molar-refractivity contribution in [2.24, 2.45) is 0 Å². The second-order valence-electron chi connectivity index (χ2n) is 5.13. The van der Waals surface area contributed by atoms with E-state index in [9.17, 15) is 18.0 Å². The predicted octanol–water partition coefficient (Wildman–Crippen LogP) is 4.09. The van der Waals surface area contributed by atoms with Crippen LogP contribution in [0.3, 0.4) is 0 Å². The maximum absolute atomic E-state index is 12.5. The zero-order valence-corrected chi connectivity index (χ0v) is 12.3. The van der Waals surface area contributed by atoms with Crippen LogP contribution in [0.25, 0.3) is 0 Å². The van der Waals surface area contributed by atoms with Crippen LogP contribution in [0.4, 0.5) is 23.9 Å². The van der Waals surface area contributed by atoms with Crippen molar-refractivity contribution in [2.45, 2.75) is 25.4 Å². The van der Waals surface area contributed by atoms with Crippen LogP contribution in [-0.4, -0.2) is 5.91 Å². The summed E-state index contributed by atoms with van der Waals surface area (Å²) in [5.41, 5.74) is 6.91. The van der Waals surface area contributed by atoms with E-state index in [-0.39, 0.29) is 5.91 Å². The number of hydrogen-bond donors (Lipinski definition) is 2. The molecular formula is C15H13F3N2OS. The number of carbonyl (C=O) groups is 1. The molecule has 1 aromatic heterocycles. The van der Waals surface area contributed by atoms with Gasteiger partial charge in [0.2, 0.25) is 0 Å². The molecule has 0 aliphatic heterocycles. The molecule has 7 heteroatoms. The van der Waals surface area contributed by atoms with Gasteiger partial charge in [-0.1, -0.05) is 0 Å². The van der Waals surface area contributed by atoms with Gasteiger partial charge >= 0.3 is 6.18 Å². The molecule has 2 aromatic rings. The first-order chi connectivity index (χ1) is 10.4. The van der Waals surface area contributed by atoms with Crippen LogP contribution in [0.1, 0.15) is 32.8 Å². The van der Waals surface area contributed by atoms with Crippen molar-refractivity contribution in [1.82, 2.24) is 0 Å². The Hall–Kier alpha value is -2.02. The summed E-state index contributed by atoms with van der Waals surface area (Å²) in [7, 11) is 0. The fourth-order valence-corrected chi connectivity index (χ4v) is 3.77. The van der Waals surface area contributed by atoms with Crippen molar-refractivity contribution in [1.29, 1.82) is 0 Å². The molecule has 3 nitrogen and oxygen atoms in total. The summed E-state index contributed by atoms with van der Waals surface area (Å²) >= 11 is 1.42. The smallest absolute Gasteiger partial charge is 0.390 e. The van der Waals surface area contributed by atoms with E-state index >= 15 is 0 Å². The maximum atomic E-state index is 12.5. The second-order valence-corrected chi connectivity index (χ2v) is 6.26. The highest BCUT2D eigenvalue weighted by Gasteiger charge is 2.30. The first kappa shape index (κ1) is 14.9. The first-order valence-corrected chi connectivity index (χ1v) is 7.56. The van der Waals surface area contributed by atoms with Gasteiger partial charge in [0.05, 0.1) is 16.1 Å². The third-order valence-electron chi connectivity index (χ3n) is 3.65. The molecule has 0 unspecified atom stereocenters. The molecule has 1 aliphatic rings. The largest absolute Gasteiger partial charge is 0.416 e. The van der Waals surface area contributed by atoms with E-state index in [0.29, 0.717) is 16.3 Å². The number of benzene rings is 1. The first-order valence-electron chi connectivity index (χ1n) is 6.75. The minimum atomic E-state index is -4.39. The number of rotatable bonds is 2. The van der Waals surface area contributed by atoms with E-state index in [0.717, 1.165) is 41.8 Å². The van der Waals surface area contributed by atoms with E-state index in [2.05, 4.69) is 5.32 Å². The fourth-order valence-electron chi connectivity index (χ4n) is 2.61. The average molecular weight is 326 g/mol. The van der Waals surface area contributed by atoms with E-state index in [4.69, 9.17) is 5.73 Å². The Morgan fingerprint density at radius 3 is 2.50 bits per heavy atom. The summed E-state index contributed by atoms with van der Waals surface area (Å²) in [6.07, 6.45) is -1.64. The second kappa shape index (κ2) is 5.31. The van der Waals surface area contributed by atoms with E-state index in [1.54, 1.807) is 0 Å². The highest BCUT2D eigenvalue weighted by molar-refractivity contribution is 7.16. The lowest BCUT2D eigenvalue weighted by Gasteiger charge is -2.09. The number of nitrogen functional groups attached to an aromatic ring is 1. The van der Waals surface area contributed by atoms with Crippen LogP contribution in [0.5, 0.6) is 0 Å². The number of thiophene rings is 1. The van der Waals surface area contributed by atoms with E-state index in [1.807, 2.05) is 0 Å². The normalized spacial score (nSPS) is 14.0. The van der Waals surface area contributed by atoms with Gasteiger partial charge in [-0.15, -0.1) is 11.3 Å². The van der Waals surface area contributed by atoms with Crippen molar-refractivity contribution >= 4 is 27.9 Å². The Balaban J connectivity index is 1.80. The summed E-state index contributed by atoms with van der Waals surface area (Å²) in [6.45, 7) is 0. The molecule has 3 N–H and O–H groups in total. The number of carbonyl (C=O) groups excluding carboxylic acids is 1. The number of hydrogen-bond acceptors (Lipinski definition) is 3. The third kappa shape index (κ3) is 2.68. The highest BCUT2D eigenvalue weighted by Crippen LogP contribution is 2.37. The Morgan fingerprint density at radius 1 is 1.18 bits per heavy atom. The predicted molar refractivity (Wildman–Crippen MR) is 80.2 cm³/mol. The molecule has 116 valence electrons. The zero-order chi connectivity index (χ0) is 15.9. The van der Waals surface area contributed by atoms with Gasteiger partial charge in [-0.2, -0.15) is 13.2 Å². The van der Waals surface area contributed by atoms with Gasteiger partial charge in [-0.3, -0.25) is 4.79 Å². The topological polar surface area (TPSA) is 55.1 Å². The lowest BCUT2D eigenvalue weighted by Crippen LogP contribution is -2.14. The van der Waals surface area contributed by atoms with E-state index < -0.39 is 11.7 Å². The van der Waals surface area contributed by atoms with Crippen molar-refractivity contribution in [2.75, 3.05) is 11.1 Å². The number of nitrogens with one attached hydrogen (secondary N) is 1. The molecule has 3 rings (SSSR count). The molecule has 0 radical (unpaired) electrons. The molecule has 0 saturated heterocycles. The van der Waals surface area contributed by atoms with Crippen molar-refractivity contribution in [3.8, 4) is 0 Å². The molecule has 0 fully saturated rings. The van der Waals surface area contributed by atoms with Crippen molar-refractivity contribution in [3.05, 3.63) is 45.8 Å². The summed E-state index contributed by atoms with van der Waals surface area (Å²) < 4.78 is 37.5.